The van der Waals surface area contributed by atoms with E-state index in [2.05, 4.69) is 4.98 Å². The maximum Gasteiger partial charge on any atom is 0.348 e. The summed E-state index contributed by atoms with van der Waals surface area (Å²) in [6.45, 7) is 0. The summed E-state index contributed by atoms with van der Waals surface area (Å²) in [5.41, 5.74) is 0. The lowest BCUT2D eigenvalue weighted by Gasteiger charge is -2.04. The van der Waals surface area contributed by atoms with E-state index in [0.29, 0.717) is 14.9 Å². The number of rotatable bonds is 3. The molecule has 0 amide bonds. The fraction of sp³-hybridized carbons (Fsp3) is 0.0667. The second kappa shape index (κ2) is 6.46. The van der Waals surface area contributed by atoms with Gasteiger partial charge >= 0.3 is 5.97 Å². The molecule has 0 bridgehead atoms. The summed E-state index contributed by atoms with van der Waals surface area (Å²) in [5, 5.41) is 2.00. The van der Waals surface area contributed by atoms with Gasteiger partial charge in [0.2, 0.25) is 0 Å². The van der Waals surface area contributed by atoms with Crippen LogP contribution in [-0.4, -0.2) is 18.1 Å². The molecule has 112 valence electrons. The van der Waals surface area contributed by atoms with Crippen LogP contribution in [0.25, 0.3) is 10.1 Å². The van der Waals surface area contributed by atoms with Gasteiger partial charge in [-0.3, -0.25) is 4.98 Å². The van der Waals surface area contributed by atoms with Crippen LogP contribution < -0.4 is 0 Å². The molecule has 22 heavy (non-hydrogen) atoms. The van der Waals surface area contributed by atoms with Crippen molar-refractivity contribution >= 4 is 62.4 Å². The van der Waals surface area contributed by atoms with Crippen molar-refractivity contribution in [2.24, 2.45) is 0 Å². The fourth-order valence-corrected chi connectivity index (χ4v) is 4.24. The number of fused-ring (bicyclic) bond motifs is 1. The minimum absolute atomic E-state index is 0.341. The lowest BCUT2D eigenvalue weighted by atomic mass is 10.3. The van der Waals surface area contributed by atoms with Gasteiger partial charge in [0, 0.05) is 27.6 Å². The molecule has 0 radical (unpaired) electrons. The van der Waals surface area contributed by atoms with E-state index < -0.39 is 0 Å². The predicted molar refractivity (Wildman–Crippen MR) is 91.5 cm³/mol. The summed E-state index contributed by atoms with van der Waals surface area (Å²) < 4.78 is 5.70. The van der Waals surface area contributed by atoms with Crippen LogP contribution in [-0.2, 0) is 4.74 Å². The average Bonchev–Trinajstić information content (AvgIpc) is 2.95. The molecule has 3 aromatic rings. The van der Waals surface area contributed by atoms with Crippen LogP contribution in [0.3, 0.4) is 0 Å². The molecule has 0 saturated carbocycles. The number of benzene rings is 1. The van der Waals surface area contributed by atoms with E-state index in [1.165, 1.54) is 30.2 Å². The summed E-state index contributed by atoms with van der Waals surface area (Å²) in [7, 11) is 1.37. The minimum Gasteiger partial charge on any atom is -0.465 e. The summed E-state index contributed by atoms with van der Waals surface area (Å²) in [5.74, 6) is -0.341. The van der Waals surface area contributed by atoms with Crippen molar-refractivity contribution in [3.8, 4) is 0 Å². The summed E-state index contributed by atoms with van der Waals surface area (Å²) in [6, 6.07) is 7.28. The third-order valence-electron chi connectivity index (χ3n) is 2.92. The number of methoxy groups -OCH3 is 1. The van der Waals surface area contributed by atoms with Gasteiger partial charge in [-0.2, -0.15) is 0 Å². The molecule has 3 nitrogen and oxygen atoms in total. The Hall–Kier alpha value is -1.27. The second-order valence-corrected chi connectivity index (χ2v) is 7.34. The van der Waals surface area contributed by atoms with Crippen LogP contribution in [0.2, 0.25) is 10.0 Å². The zero-order valence-corrected chi connectivity index (χ0v) is 14.4. The highest BCUT2D eigenvalue weighted by atomic mass is 35.5. The van der Waals surface area contributed by atoms with E-state index in [1.54, 1.807) is 24.5 Å². The molecule has 0 saturated heterocycles. The summed E-state index contributed by atoms with van der Waals surface area (Å²) >= 11 is 14.9. The van der Waals surface area contributed by atoms with Crippen LogP contribution in [0.5, 0.6) is 0 Å². The maximum absolute atomic E-state index is 11.7. The largest absolute Gasteiger partial charge is 0.465 e. The monoisotopic (exact) mass is 369 g/mol. The van der Waals surface area contributed by atoms with Crippen molar-refractivity contribution in [1.82, 2.24) is 4.98 Å². The Labute approximate surface area is 145 Å². The van der Waals surface area contributed by atoms with Crippen molar-refractivity contribution in [2.45, 2.75) is 9.79 Å². The highest BCUT2D eigenvalue weighted by Gasteiger charge is 2.14. The van der Waals surface area contributed by atoms with Crippen LogP contribution in [0, 0.1) is 0 Å². The molecular formula is C15H9Cl2NO2S2. The first-order valence-corrected chi connectivity index (χ1v) is 8.56. The van der Waals surface area contributed by atoms with Gasteiger partial charge in [-0.1, -0.05) is 35.0 Å². The maximum atomic E-state index is 11.7. The lowest BCUT2D eigenvalue weighted by Crippen LogP contribution is -1.96. The van der Waals surface area contributed by atoms with Crippen molar-refractivity contribution < 1.29 is 9.53 Å². The number of thiophene rings is 1. The molecule has 1 aromatic carbocycles. The first-order valence-electron chi connectivity index (χ1n) is 6.17. The van der Waals surface area contributed by atoms with Crippen LogP contribution >= 0.6 is 46.3 Å². The van der Waals surface area contributed by atoms with Gasteiger partial charge in [0.05, 0.1) is 21.9 Å². The molecule has 0 aliphatic heterocycles. The molecule has 7 heteroatoms. The van der Waals surface area contributed by atoms with Crippen molar-refractivity contribution in [2.75, 3.05) is 7.11 Å². The van der Waals surface area contributed by atoms with Gasteiger partial charge in [0.25, 0.3) is 0 Å². The first kappa shape index (κ1) is 15.6. The zero-order valence-electron chi connectivity index (χ0n) is 11.3. The molecule has 0 aliphatic rings. The van der Waals surface area contributed by atoms with Gasteiger partial charge in [-0.15, -0.1) is 11.3 Å². The standard InChI is InChI=1S/C15H9Cl2NO2S2/c1-20-15(19)12-5-9-13(6-18-7-14(9)22-12)21-8-2-3-10(16)11(17)4-8/h2-7H,1H3. The van der Waals surface area contributed by atoms with Gasteiger partial charge < -0.3 is 4.74 Å². The molecule has 3 rings (SSSR count). The fourth-order valence-electron chi connectivity index (χ4n) is 1.89. The number of carbonyl (C=O) groups is 1. The number of aromatic nitrogens is 1. The zero-order chi connectivity index (χ0) is 15.7. The predicted octanol–water partition coefficient (Wildman–Crippen LogP) is 5.54. The van der Waals surface area contributed by atoms with E-state index in [9.17, 15) is 4.79 Å². The topological polar surface area (TPSA) is 39.2 Å². The summed E-state index contributed by atoms with van der Waals surface area (Å²) in [4.78, 5) is 18.3. The quantitative estimate of drug-likeness (QED) is 0.568. The lowest BCUT2D eigenvalue weighted by molar-refractivity contribution is 0.0606. The first-order chi connectivity index (χ1) is 10.6. The number of esters is 1. The molecule has 2 aromatic heterocycles. The number of halogens is 2. The Morgan fingerprint density at radius 1 is 1.23 bits per heavy atom. The van der Waals surface area contributed by atoms with E-state index in [0.717, 1.165) is 19.9 Å². The molecule has 0 N–H and O–H groups in total. The summed E-state index contributed by atoms with van der Waals surface area (Å²) in [6.07, 6.45) is 3.51. The number of pyridine rings is 1. The number of ether oxygens (including phenoxy) is 1. The molecule has 0 atom stereocenters. The molecule has 0 unspecified atom stereocenters. The van der Waals surface area contributed by atoms with Gasteiger partial charge in [0.1, 0.15) is 4.88 Å². The Kier molecular flexibility index (Phi) is 4.59. The smallest absolute Gasteiger partial charge is 0.348 e. The SMILES string of the molecule is COC(=O)c1cc2c(Sc3ccc(Cl)c(Cl)c3)cncc2s1. The van der Waals surface area contributed by atoms with Crippen LogP contribution in [0.4, 0.5) is 0 Å². The molecule has 0 aliphatic carbocycles. The van der Waals surface area contributed by atoms with Crippen molar-refractivity contribution in [1.29, 1.82) is 0 Å². The van der Waals surface area contributed by atoms with Crippen molar-refractivity contribution in [3.63, 3.8) is 0 Å². The average molecular weight is 370 g/mol. The van der Waals surface area contributed by atoms with E-state index in [1.807, 2.05) is 12.1 Å². The second-order valence-electron chi connectivity index (χ2n) is 4.33. The van der Waals surface area contributed by atoms with Gasteiger partial charge in [-0.05, 0) is 24.3 Å². The highest BCUT2D eigenvalue weighted by Crippen LogP contribution is 2.38. The Morgan fingerprint density at radius 3 is 2.77 bits per heavy atom. The van der Waals surface area contributed by atoms with E-state index in [4.69, 9.17) is 27.9 Å². The number of nitrogens with zero attached hydrogens (tertiary/aromatic N) is 1. The molecular weight excluding hydrogens is 361 g/mol. The Bertz CT molecular complexity index is 864. The molecule has 0 spiro atoms. The van der Waals surface area contributed by atoms with E-state index >= 15 is 0 Å². The van der Waals surface area contributed by atoms with E-state index in [-0.39, 0.29) is 5.97 Å². The minimum atomic E-state index is -0.341. The van der Waals surface area contributed by atoms with Crippen LogP contribution in [0.1, 0.15) is 9.67 Å². The molecule has 2 heterocycles. The van der Waals surface area contributed by atoms with Gasteiger partial charge in [-0.25, -0.2) is 4.79 Å². The number of hydrogen-bond donors (Lipinski definition) is 0. The molecule has 0 fully saturated rings. The Balaban J connectivity index is 2.01. The third-order valence-corrected chi connectivity index (χ3v) is 5.74. The van der Waals surface area contributed by atoms with Crippen LogP contribution in [0.15, 0.2) is 46.5 Å². The van der Waals surface area contributed by atoms with Gasteiger partial charge in [0.15, 0.2) is 0 Å². The number of carbonyl (C=O) groups excluding carboxylic acids is 1. The number of hydrogen-bond acceptors (Lipinski definition) is 5. The highest BCUT2D eigenvalue weighted by molar-refractivity contribution is 7.99. The van der Waals surface area contributed by atoms with Crippen molar-refractivity contribution in [3.05, 3.63) is 51.6 Å². The Morgan fingerprint density at radius 2 is 2.05 bits per heavy atom. The normalized spacial score (nSPS) is 10.9. The third kappa shape index (κ3) is 3.08.